The molecule has 122 valence electrons. The topological polar surface area (TPSA) is 66.5 Å². The van der Waals surface area contributed by atoms with Crippen LogP contribution in [0.1, 0.15) is 38.2 Å². The van der Waals surface area contributed by atoms with E-state index < -0.39 is 10.0 Å². The zero-order valence-electron chi connectivity index (χ0n) is 13.4. The lowest BCUT2D eigenvalue weighted by molar-refractivity contribution is -0.120. The van der Waals surface area contributed by atoms with Crippen LogP contribution < -0.4 is 5.32 Å². The van der Waals surface area contributed by atoms with Crippen molar-refractivity contribution in [1.29, 1.82) is 0 Å². The van der Waals surface area contributed by atoms with Gasteiger partial charge in [0.05, 0.1) is 12.2 Å². The van der Waals surface area contributed by atoms with Crippen LogP contribution in [0.5, 0.6) is 0 Å². The largest absolute Gasteiger partial charge is 0.326 e. The average molecular weight is 324 g/mol. The molecule has 1 fully saturated rings. The second-order valence-electron chi connectivity index (χ2n) is 6.19. The number of carbonyl (C=O) groups is 1. The lowest BCUT2D eigenvalue weighted by Crippen LogP contribution is -2.43. The normalized spacial score (nSPS) is 20.1. The molecule has 0 bridgehead atoms. The molecular formula is C16H24N2O3S. The standard InChI is InChI=1S/C16H24N2O3S/c1-12(2)14-8-4-5-9-15(14)17-16(19)13-7-6-10-18(11-13)22(3,20)21/h4-5,8-9,12-13H,6-7,10-11H2,1-3H3,(H,17,19)/t13-/m0/s1. The maximum absolute atomic E-state index is 12.5. The summed E-state index contributed by atoms with van der Waals surface area (Å²) >= 11 is 0. The zero-order valence-corrected chi connectivity index (χ0v) is 14.2. The van der Waals surface area contributed by atoms with Crippen LogP contribution in [-0.4, -0.2) is 38.0 Å². The van der Waals surface area contributed by atoms with Crippen molar-refractivity contribution >= 4 is 21.6 Å². The fraction of sp³-hybridized carbons (Fsp3) is 0.562. The van der Waals surface area contributed by atoms with E-state index in [0.717, 1.165) is 24.1 Å². The Kier molecular flexibility index (Phi) is 5.24. The van der Waals surface area contributed by atoms with Gasteiger partial charge in [-0.05, 0) is 30.4 Å². The third-order valence-corrected chi connectivity index (χ3v) is 5.33. The first-order valence-electron chi connectivity index (χ1n) is 7.64. The molecule has 0 radical (unpaired) electrons. The minimum absolute atomic E-state index is 0.0959. The molecule has 22 heavy (non-hydrogen) atoms. The Morgan fingerprint density at radius 2 is 2.00 bits per heavy atom. The first-order valence-corrected chi connectivity index (χ1v) is 9.48. The van der Waals surface area contributed by atoms with Crippen molar-refractivity contribution in [2.75, 3.05) is 24.7 Å². The molecule has 1 amide bonds. The maximum atomic E-state index is 12.5. The number of amides is 1. The van der Waals surface area contributed by atoms with Gasteiger partial charge in [0.15, 0.2) is 0 Å². The quantitative estimate of drug-likeness (QED) is 0.925. The van der Waals surface area contributed by atoms with Crippen molar-refractivity contribution in [3.63, 3.8) is 0 Å². The Bertz CT molecular complexity index is 641. The van der Waals surface area contributed by atoms with E-state index in [1.54, 1.807) is 0 Å². The summed E-state index contributed by atoms with van der Waals surface area (Å²) in [5.41, 5.74) is 1.91. The van der Waals surface area contributed by atoms with Gasteiger partial charge in [-0.25, -0.2) is 12.7 Å². The number of para-hydroxylation sites is 1. The third-order valence-electron chi connectivity index (χ3n) is 4.06. The molecule has 1 atom stereocenters. The summed E-state index contributed by atoms with van der Waals surface area (Å²) in [6, 6.07) is 7.75. The SMILES string of the molecule is CC(C)c1ccccc1NC(=O)[C@H]1CCCN(S(C)(=O)=O)C1. The molecule has 1 N–H and O–H groups in total. The number of sulfonamides is 1. The predicted molar refractivity (Wildman–Crippen MR) is 88.3 cm³/mol. The van der Waals surface area contributed by atoms with E-state index in [-0.39, 0.29) is 18.4 Å². The predicted octanol–water partition coefficient (Wildman–Crippen LogP) is 2.42. The van der Waals surface area contributed by atoms with Crippen LogP contribution in [0.4, 0.5) is 5.69 Å². The van der Waals surface area contributed by atoms with Crippen LogP contribution in [0.3, 0.4) is 0 Å². The van der Waals surface area contributed by atoms with Crippen LogP contribution in [0.15, 0.2) is 24.3 Å². The molecule has 0 aromatic heterocycles. The molecule has 2 rings (SSSR count). The number of benzene rings is 1. The van der Waals surface area contributed by atoms with Gasteiger partial charge in [0.2, 0.25) is 15.9 Å². The van der Waals surface area contributed by atoms with Gasteiger partial charge in [0.25, 0.3) is 0 Å². The fourth-order valence-corrected chi connectivity index (χ4v) is 3.72. The summed E-state index contributed by atoms with van der Waals surface area (Å²) in [4.78, 5) is 12.5. The smallest absolute Gasteiger partial charge is 0.228 e. The summed E-state index contributed by atoms with van der Waals surface area (Å²) in [5.74, 6) is -0.0690. The maximum Gasteiger partial charge on any atom is 0.228 e. The molecule has 6 heteroatoms. The number of carbonyl (C=O) groups excluding carboxylic acids is 1. The van der Waals surface area contributed by atoms with E-state index in [0.29, 0.717) is 12.5 Å². The van der Waals surface area contributed by atoms with Gasteiger partial charge in [-0.2, -0.15) is 0 Å². The highest BCUT2D eigenvalue weighted by Gasteiger charge is 2.30. The van der Waals surface area contributed by atoms with E-state index in [2.05, 4.69) is 19.2 Å². The number of anilines is 1. The summed E-state index contributed by atoms with van der Waals surface area (Å²) < 4.78 is 24.7. The molecular weight excluding hydrogens is 300 g/mol. The first-order chi connectivity index (χ1) is 10.3. The Morgan fingerprint density at radius 1 is 1.32 bits per heavy atom. The minimum atomic E-state index is -3.23. The first kappa shape index (κ1) is 17.0. The lowest BCUT2D eigenvalue weighted by Gasteiger charge is -2.30. The summed E-state index contributed by atoms with van der Waals surface area (Å²) in [6.45, 7) is 4.94. The summed E-state index contributed by atoms with van der Waals surface area (Å²) in [7, 11) is -3.23. The van der Waals surface area contributed by atoms with E-state index in [1.165, 1.54) is 10.6 Å². The van der Waals surface area contributed by atoms with Gasteiger partial charge in [0, 0.05) is 18.8 Å². The number of hydrogen-bond acceptors (Lipinski definition) is 3. The molecule has 0 aliphatic carbocycles. The number of piperidine rings is 1. The molecule has 5 nitrogen and oxygen atoms in total. The zero-order chi connectivity index (χ0) is 16.3. The molecule has 0 unspecified atom stereocenters. The van der Waals surface area contributed by atoms with Crippen molar-refractivity contribution in [2.45, 2.75) is 32.6 Å². The van der Waals surface area contributed by atoms with Crippen molar-refractivity contribution in [1.82, 2.24) is 4.31 Å². The average Bonchev–Trinajstić information content (AvgIpc) is 2.47. The molecule has 1 aromatic rings. The van der Waals surface area contributed by atoms with Crippen LogP contribution in [0, 0.1) is 5.92 Å². The molecule has 0 saturated carbocycles. The van der Waals surface area contributed by atoms with Crippen LogP contribution >= 0.6 is 0 Å². The Morgan fingerprint density at radius 3 is 2.64 bits per heavy atom. The van der Waals surface area contributed by atoms with Crippen molar-refractivity contribution in [3.8, 4) is 0 Å². The molecule has 1 aliphatic heterocycles. The van der Waals surface area contributed by atoms with Crippen LogP contribution in [-0.2, 0) is 14.8 Å². The van der Waals surface area contributed by atoms with Crippen LogP contribution in [0.25, 0.3) is 0 Å². The Balaban J connectivity index is 2.10. The number of rotatable bonds is 4. The van der Waals surface area contributed by atoms with Gasteiger partial charge in [-0.15, -0.1) is 0 Å². The second-order valence-corrected chi connectivity index (χ2v) is 8.17. The fourth-order valence-electron chi connectivity index (χ4n) is 2.81. The van der Waals surface area contributed by atoms with Crippen molar-refractivity contribution in [2.24, 2.45) is 5.92 Å². The number of nitrogens with one attached hydrogen (secondary N) is 1. The Labute approximate surface area is 132 Å². The molecule has 0 spiro atoms. The van der Waals surface area contributed by atoms with Gasteiger partial charge in [0.1, 0.15) is 0 Å². The summed E-state index contributed by atoms with van der Waals surface area (Å²) in [6.07, 6.45) is 2.64. The van der Waals surface area contributed by atoms with Gasteiger partial charge in [-0.1, -0.05) is 32.0 Å². The minimum Gasteiger partial charge on any atom is -0.326 e. The van der Waals surface area contributed by atoms with E-state index >= 15 is 0 Å². The molecule has 1 heterocycles. The number of nitrogens with zero attached hydrogens (tertiary/aromatic N) is 1. The molecule has 1 aromatic carbocycles. The van der Waals surface area contributed by atoms with Crippen LogP contribution in [0.2, 0.25) is 0 Å². The van der Waals surface area contributed by atoms with Crippen molar-refractivity contribution < 1.29 is 13.2 Å². The second kappa shape index (κ2) is 6.79. The monoisotopic (exact) mass is 324 g/mol. The van der Waals surface area contributed by atoms with Gasteiger partial charge >= 0.3 is 0 Å². The third kappa shape index (κ3) is 4.08. The van der Waals surface area contributed by atoms with E-state index in [9.17, 15) is 13.2 Å². The summed E-state index contributed by atoms with van der Waals surface area (Å²) in [5, 5.41) is 2.97. The highest BCUT2D eigenvalue weighted by Crippen LogP contribution is 2.26. The van der Waals surface area contributed by atoms with E-state index in [1.807, 2.05) is 24.3 Å². The highest BCUT2D eigenvalue weighted by atomic mass is 32.2. The lowest BCUT2D eigenvalue weighted by atomic mass is 9.97. The molecule has 1 aliphatic rings. The Hall–Kier alpha value is -1.40. The highest BCUT2D eigenvalue weighted by molar-refractivity contribution is 7.88. The van der Waals surface area contributed by atoms with Gasteiger partial charge < -0.3 is 5.32 Å². The molecule has 1 saturated heterocycles. The van der Waals surface area contributed by atoms with Crippen molar-refractivity contribution in [3.05, 3.63) is 29.8 Å². The number of hydrogen-bond donors (Lipinski definition) is 1. The van der Waals surface area contributed by atoms with E-state index in [4.69, 9.17) is 0 Å². The van der Waals surface area contributed by atoms with Gasteiger partial charge in [-0.3, -0.25) is 4.79 Å².